The molecular weight excluding hydrogens is 289 g/mol. The molecule has 5 heteroatoms. The Labute approximate surface area is 106 Å². The second kappa shape index (κ2) is 4.41. The number of aromatic nitrogens is 1. The standard InChI is InChI=1S/C12H11BrFNO2/c1-7-2-3-9(14)10(4-7)15-11(16)5-8(6-13)12(15)17/h2-5,16-17H,6H2,1H3. The molecule has 1 heterocycles. The molecule has 90 valence electrons. The van der Waals surface area contributed by atoms with Crippen LogP contribution in [-0.4, -0.2) is 14.8 Å². The minimum Gasteiger partial charge on any atom is -0.494 e. The first-order valence-corrected chi connectivity index (χ1v) is 6.11. The Bertz CT molecular complexity index is 566. The summed E-state index contributed by atoms with van der Waals surface area (Å²) in [6, 6.07) is 5.89. The minimum atomic E-state index is -0.502. The molecule has 0 aliphatic rings. The molecule has 0 amide bonds. The zero-order chi connectivity index (χ0) is 12.6. The molecule has 0 spiro atoms. The van der Waals surface area contributed by atoms with Gasteiger partial charge in [0.05, 0.1) is 5.69 Å². The summed E-state index contributed by atoms with van der Waals surface area (Å²) in [5.74, 6) is -0.858. The van der Waals surface area contributed by atoms with E-state index in [1.165, 1.54) is 12.1 Å². The van der Waals surface area contributed by atoms with Gasteiger partial charge in [-0.1, -0.05) is 22.0 Å². The molecule has 2 N–H and O–H groups in total. The highest BCUT2D eigenvalue weighted by molar-refractivity contribution is 9.08. The highest BCUT2D eigenvalue weighted by atomic mass is 79.9. The molecule has 1 aromatic carbocycles. The summed E-state index contributed by atoms with van der Waals surface area (Å²) in [5.41, 5.74) is 1.48. The molecule has 0 radical (unpaired) electrons. The maximum atomic E-state index is 13.7. The monoisotopic (exact) mass is 299 g/mol. The quantitative estimate of drug-likeness (QED) is 0.836. The Morgan fingerprint density at radius 1 is 1.29 bits per heavy atom. The summed E-state index contributed by atoms with van der Waals surface area (Å²) >= 11 is 3.18. The van der Waals surface area contributed by atoms with Crippen molar-refractivity contribution in [1.29, 1.82) is 0 Å². The fourth-order valence-electron chi connectivity index (χ4n) is 1.67. The second-order valence-corrected chi connectivity index (χ2v) is 4.34. The van der Waals surface area contributed by atoms with Gasteiger partial charge in [-0.15, -0.1) is 0 Å². The molecule has 0 atom stereocenters. The fourth-order valence-corrected chi connectivity index (χ4v) is 2.08. The van der Waals surface area contributed by atoms with Crippen LogP contribution in [0.15, 0.2) is 24.3 Å². The first-order chi connectivity index (χ1) is 8.04. The minimum absolute atomic E-state index is 0.132. The average Bonchev–Trinajstić information content (AvgIpc) is 2.58. The van der Waals surface area contributed by atoms with Crippen LogP contribution in [0.2, 0.25) is 0 Å². The van der Waals surface area contributed by atoms with Gasteiger partial charge in [-0.05, 0) is 24.6 Å². The van der Waals surface area contributed by atoms with Gasteiger partial charge >= 0.3 is 0 Å². The van der Waals surface area contributed by atoms with Gasteiger partial charge in [-0.25, -0.2) is 8.96 Å². The van der Waals surface area contributed by atoms with Crippen molar-refractivity contribution >= 4 is 15.9 Å². The third kappa shape index (κ3) is 2.02. The summed E-state index contributed by atoms with van der Waals surface area (Å²) in [7, 11) is 0. The van der Waals surface area contributed by atoms with Crippen LogP contribution in [0.3, 0.4) is 0 Å². The van der Waals surface area contributed by atoms with Gasteiger partial charge in [0.15, 0.2) is 5.88 Å². The van der Waals surface area contributed by atoms with Crippen molar-refractivity contribution in [2.75, 3.05) is 0 Å². The highest BCUT2D eigenvalue weighted by Crippen LogP contribution is 2.33. The number of halogens is 2. The Hall–Kier alpha value is -1.49. The number of benzene rings is 1. The van der Waals surface area contributed by atoms with E-state index in [4.69, 9.17) is 0 Å². The van der Waals surface area contributed by atoms with Crippen LogP contribution in [0.1, 0.15) is 11.1 Å². The van der Waals surface area contributed by atoms with E-state index < -0.39 is 5.82 Å². The second-order valence-electron chi connectivity index (χ2n) is 3.78. The van der Waals surface area contributed by atoms with Crippen molar-refractivity contribution in [3.8, 4) is 17.4 Å². The van der Waals surface area contributed by atoms with Crippen LogP contribution in [0, 0.1) is 12.7 Å². The Morgan fingerprint density at radius 2 is 2.00 bits per heavy atom. The zero-order valence-corrected chi connectivity index (χ0v) is 10.7. The van der Waals surface area contributed by atoms with E-state index in [1.54, 1.807) is 12.1 Å². The van der Waals surface area contributed by atoms with Gasteiger partial charge in [-0.3, -0.25) is 0 Å². The summed E-state index contributed by atoms with van der Waals surface area (Å²) in [5, 5.41) is 20.0. The zero-order valence-electron chi connectivity index (χ0n) is 9.11. The molecule has 0 saturated carbocycles. The van der Waals surface area contributed by atoms with Gasteiger partial charge < -0.3 is 10.2 Å². The molecule has 0 aliphatic heterocycles. The van der Waals surface area contributed by atoms with E-state index in [2.05, 4.69) is 15.9 Å². The Balaban J connectivity index is 2.68. The van der Waals surface area contributed by atoms with Crippen molar-refractivity contribution < 1.29 is 14.6 Å². The molecule has 0 fully saturated rings. The number of rotatable bonds is 2. The molecule has 2 aromatic rings. The van der Waals surface area contributed by atoms with E-state index in [1.807, 2.05) is 6.92 Å². The van der Waals surface area contributed by atoms with Crippen LogP contribution in [0.25, 0.3) is 5.69 Å². The number of aromatic hydroxyl groups is 2. The highest BCUT2D eigenvalue weighted by Gasteiger charge is 2.17. The summed E-state index contributed by atoms with van der Waals surface area (Å²) < 4.78 is 14.8. The van der Waals surface area contributed by atoms with Crippen molar-refractivity contribution in [3.05, 3.63) is 41.2 Å². The fraction of sp³-hybridized carbons (Fsp3) is 0.167. The first-order valence-electron chi connectivity index (χ1n) is 4.99. The molecule has 0 unspecified atom stereocenters. The SMILES string of the molecule is Cc1ccc(F)c(-n2c(O)cc(CBr)c2O)c1. The van der Waals surface area contributed by atoms with E-state index in [9.17, 15) is 14.6 Å². The molecular formula is C12H11BrFNO2. The average molecular weight is 300 g/mol. The summed E-state index contributed by atoms with van der Waals surface area (Å²) in [6.07, 6.45) is 0. The molecule has 3 nitrogen and oxygen atoms in total. The number of alkyl halides is 1. The lowest BCUT2D eigenvalue weighted by Gasteiger charge is -2.09. The van der Waals surface area contributed by atoms with Crippen molar-refractivity contribution in [1.82, 2.24) is 4.57 Å². The van der Waals surface area contributed by atoms with Crippen molar-refractivity contribution in [2.45, 2.75) is 12.3 Å². The topological polar surface area (TPSA) is 45.4 Å². The van der Waals surface area contributed by atoms with E-state index in [0.29, 0.717) is 10.9 Å². The molecule has 0 saturated heterocycles. The van der Waals surface area contributed by atoms with Crippen LogP contribution in [0.5, 0.6) is 11.8 Å². The first kappa shape index (κ1) is 12.0. The molecule has 17 heavy (non-hydrogen) atoms. The number of hydrogen-bond donors (Lipinski definition) is 2. The number of hydrogen-bond acceptors (Lipinski definition) is 2. The third-order valence-electron chi connectivity index (χ3n) is 2.52. The lowest BCUT2D eigenvalue weighted by molar-refractivity contribution is 0.398. The normalized spacial score (nSPS) is 10.8. The largest absolute Gasteiger partial charge is 0.494 e. The Kier molecular flexibility index (Phi) is 3.11. The summed E-state index contributed by atoms with van der Waals surface area (Å²) in [4.78, 5) is 0. The van der Waals surface area contributed by atoms with E-state index in [0.717, 1.165) is 10.1 Å². The number of aryl methyl sites for hydroxylation is 1. The smallest absolute Gasteiger partial charge is 0.202 e. The predicted molar refractivity (Wildman–Crippen MR) is 66.4 cm³/mol. The van der Waals surface area contributed by atoms with Gasteiger partial charge in [0.25, 0.3) is 0 Å². The van der Waals surface area contributed by atoms with Gasteiger partial charge in [0.1, 0.15) is 5.82 Å². The van der Waals surface area contributed by atoms with Crippen LogP contribution in [-0.2, 0) is 5.33 Å². The third-order valence-corrected chi connectivity index (χ3v) is 3.12. The van der Waals surface area contributed by atoms with Crippen molar-refractivity contribution in [3.63, 3.8) is 0 Å². The van der Waals surface area contributed by atoms with E-state index in [-0.39, 0.29) is 17.4 Å². The maximum absolute atomic E-state index is 13.7. The van der Waals surface area contributed by atoms with Crippen LogP contribution in [0.4, 0.5) is 4.39 Å². The predicted octanol–water partition coefficient (Wildman–Crippen LogP) is 3.23. The number of nitrogens with zero attached hydrogens (tertiary/aromatic N) is 1. The van der Waals surface area contributed by atoms with Crippen LogP contribution >= 0.6 is 15.9 Å². The lowest BCUT2D eigenvalue weighted by Crippen LogP contribution is -1.97. The van der Waals surface area contributed by atoms with Gasteiger partial charge in [0.2, 0.25) is 5.88 Å². The molecule has 2 rings (SSSR count). The van der Waals surface area contributed by atoms with E-state index >= 15 is 0 Å². The maximum Gasteiger partial charge on any atom is 0.202 e. The van der Waals surface area contributed by atoms with Crippen LogP contribution < -0.4 is 0 Å². The molecule has 1 aromatic heterocycles. The molecule has 0 aliphatic carbocycles. The molecule has 0 bridgehead atoms. The lowest BCUT2D eigenvalue weighted by atomic mass is 10.2. The van der Waals surface area contributed by atoms with Gasteiger partial charge in [0, 0.05) is 17.0 Å². The van der Waals surface area contributed by atoms with Crippen molar-refractivity contribution in [2.24, 2.45) is 0 Å². The van der Waals surface area contributed by atoms with Gasteiger partial charge in [-0.2, -0.15) is 0 Å². The Morgan fingerprint density at radius 3 is 2.59 bits per heavy atom. The summed E-state index contributed by atoms with van der Waals surface area (Å²) in [6.45, 7) is 1.81.